The maximum atomic E-state index is 12.9. The van der Waals surface area contributed by atoms with Crippen LogP contribution in [0.15, 0.2) is 53.2 Å². The Bertz CT molecular complexity index is 1110. The molecule has 1 fully saturated rings. The van der Waals surface area contributed by atoms with Gasteiger partial charge in [-0.05, 0) is 49.2 Å². The van der Waals surface area contributed by atoms with Gasteiger partial charge in [-0.25, -0.2) is 0 Å². The van der Waals surface area contributed by atoms with Gasteiger partial charge in [-0.3, -0.25) is 4.79 Å². The standard InChI is InChI=1S/C24H25ClN2O3/c1-16(20-13-21-17(2)15-30-23(21)14-22(20)29-3)11-24(28)27-9-7-26(8-10-27)19-6-4-5-18(25)12-19/h4-6,11-15H,7-10H2,1-3H3/b16-11+. The van der Waals surface area contributed by atoms with E-state index in [0.29, 0.717) is 18.8 Å². The summed E-state index contributed by atoms with van der Waals surface area (Å²) in [6.45, 7) is 6.86. The molecule has 1 amide bonds. The van der Waals surface area contributed by atoms with Gasteiger partial charge in [-0.2, -0.15) is 0 Å². The third kappa shape index (κ3) is 4.03. The predicted molar refractivity (Wildman–Crippen MR) is 121 cm³/mol. The molecule has 1 aliphatic rings. The number of amides is 1. The largest absolute Gasteiger partial charge is 0.496 e. The molecule has 0 bridgehead atoms. The smallest absolute Gasteiger partial charge is 0.246 e. The number of benzene rings is 2. The lowest BCUT2D eigenvalue weighted by molar-refractivity contribution is -0.126. The number of anilines is 1. The molecule has 4 rings (SSSR count). The second-order valence-corrected chi connectivity index (χ2v) is 8.02. The maximum Gasteiger partial charge on any atom is 0.246 e. The third-order valence-electron chi connectivity index (χ3n) is 5.62. The predicted octanol–water partition coefficient (Wildman–Crippen LogP) is 5.16. The van der Waals surface area contributed by atoms with Crippen LogP contribution in [-0.4, -0.2) is 44.1 Å². The van der Waals surface area contributed by atoms with E-state index in [9.17, 15) is 4.79 Å². The Hall–Kier alpha value is -2.92. The summed E-state index contributed by atoms with van der Waals surface area (Å²) in [4.78, 5) is 17.1. The Morgan fingerprint density at radius 3 is 2.63 bits per heavy atom. The zero-order chi connectivity index (χ0) is 21.3. The highest BCUT2D eigenvalue weighted by Gasteiger charge is 2.21. The molecule has 0 atom stereocenters. The van der Waals surface area contributed by atoms with Gasteiger partial charge in [0.05, 0.1) is 13.4 Å². The van der Waals surface area contributed by atoms with Gasteiger partial charge < -0.3 is 19.0 Å². The molecule has 0 N–H and O–H groups in total. The summed E-state index contributed by atoms with van der Waals surface area (Å²) in [5, 5.41) is 1.75. The molecule has 2 heterocycles. The van der Waals surface area contributed by atoms with Crippen molar-refractivity contribution in [2.45, 2.75) is 13.8 Å². The van der Waals surface area contributed by atoms with E-state index in [4.69, 9.17) is 20.8 Å². The zero-order valence-corrected chi connectivity index (χ0v) is 18.2. The number of furan rings is 1. The molecule has 0 spiro atoms. The van der Waals surface area contributed by atoms with Crippen molar-refractivity contribution in [3.8, 4) is 5.75 Å². The molecule has 1 aromatic heterocycles. The molecule has 0 aliphatic carbocycles. The lowest BCUT2D eigenvalue weighted by Gasteiger charge is -2.35. The molecule has 1 saturated heterocycles. The molecule has 0 unspecified atom stereocenters. The molecule has 1 aliphatic heterocycles. The van der Waals surface area contributed by atoms with E-state index in [2.05, 4.69) is 4.90 Å². The molecule has 5 nitrogen and oxygen atoms in total. The highest BCUT2D eigenvalue weighted by molar-refractivity contribution is 6.30. The van der Waals surface area contributed by atoms with Crippen molar-refractivity contribution in [3.63, 3.8) is 0 Å². The number of hydrogen-bond acceptors (Lipinski definition) is 4. The van der Waals surface area contributed by atoms with Crippen LogP contribution in [0.1, 0.15) is 18.1 Å². The van der Waals surface area contributed by atoms with Gasteiger partial charge in [0.15, 0.2) is 0 Å². The van der Waals surface area contributed by atoms with Crippen LogP contribution in [-0.2, 0) is 4.79 Å². The van der Waals surface area contributed by atoms with Gasteiger partial charge in [0.2, 0.25) is 5.91 Å². The first-order valence-corrected chi connectivity index (χ1v) is 10.4. The monoisotopic (exact) mass is 424 g/mol. The number of ether oxygens (including phenoxy) is 1. The van der Waals surface area contributed by atoms with Crippen LogP contribution in [0.3, 0.4) is 0 Å². The number of piperazine rings is 1. The highest BCUT2D eigenvalue weighted by atomic mass is 35.5. The minimum atomic E-state index is 0.0179. The zero-order valence-electron chi connectivity index (χ0n) is 17.4. The molecule has 2 aromatic carbocycles. The Kier molecular flexibility index (Phi) is 5.73. The first-order valence-electron chi connectivity index (χ1n) is 10.00. The molecular weight excluding hydrogens is 400 g/mol. The number of hydrogen-bond donors (Lipinski definition) is 0. The second-order valence-electron chi connectivity index (χ2n) is 7.59. The summed E-state index contributed by atoms with van der Waals surface area (Å²) in [5.41, 5.74) is 4.71. The number of carbonyl (C=O) groups is 1. The van der Waals surface area contributed by atoms with Crippen LogP contribution >= 0.6 is 11.6 Å². The van der Waals surface area contributed by atoms with Crippen molar-refractivity contribution >= 4 is 39.7 Å². The molecule has 0 saturated carbocycles. The van der Waals surface area contributed by atoms with Crippen LogP contribution in [0, 0.1) is 6.92 Å². The van der Waals surface area contributed by atoms with Crippen molar-refractivity contribution in [1.29, 1.82) is 0 Å². The second kappa shape index (κ2) is 8.44. The van der Waals surface area contributed by atoms with Crippen LogP contribution in [0.2, 0.25) is 5.02 Å². The lowest BCUT2D eigenvalue weighted by atomic mass is 10.0. The fourth-order valence-electron chi connectivity index (χ4n) is 3.87. The summed E-state index contributed by atoms with van der Waals surface area (Å²) < 4.78 is 11.1. The van der Waals surface area contributed by atoms with Crippen molar-refractivity contribution < 1.29 is 13.9 Å². The van der Waals surface area contributed by atoms with Crippen LogP contribution in [0.4, 0.5) is 5.69 Å². The fraction of sp³-hybridized carbons (Fsp3) is 0.292. The maximum absolute atomic E-state index is 12.9. The van der Waals surface area contributed by atoms with Crippen LogP contribution in [0.25, 0.3) is 16.5 Å². The molecular formula is C24H25ClN2O3. The van der Waals surface area contributed by atoms with Crippen molar-refractivity contribution in [1.82, 2.24) is 4.90 Å². The van der Waals surface area contributed by atoms with E-state index < -0.39 is 0 Å². The number of nitrogens with zero attached hydrogens (tertiary/aromatic N) is 2. The quantitative estimate of drug-likeness (QED) is 0.543. The molecule has 3 aromatic rings. The van der Waals surface area contributed by atoms with E-state index >= 15 is 0 Å². The van der Waals surface area contributed by atoms with Crippen molar-refractivity contribution in [3.05, 3.63) is 64.9 Å². The number of allylic oxidation sites excluding steroid dienone is 1. The SMILES string of the molecule is COc1cc2occ(C)c2cc1/C(C)=C/C(=O)N1CCN(c2cccc(Cl)c2)CC1. The summed E-state index contributed by atoms with van der Waals surface area (Å²) in [6, 6.07) is 11.7. The summed E-state index contributed by atoms with van der Waals surface area (Å²) in [5.74, 6) is 0.716. The van der Waals surface area contributed by atoms with Gasteiger partial charge in [0.1, 0.15) is 11.3 Å². The topological polar surface area (TPSA) is 45.9 Å². The Morgan fingerprint density at radius 1 is 1.17 bits per heavy atom. The minimum absolute atomic E-state index is 0.0179. The third-order valence-corrected chi connectivity index (χ3v) is 5.85. The van der Waals surface area contributed by atoms with E-state index in [0.717, 1.165) is 51.5 Å². The van der Waals surface area contributed by atoms with Crippen molar-refractivity contribution in [2.24, 2.45) is 0 Å². The number of carbonyl (C=O) groups excluding carboxylic acids is 1. The normalized spacial score (nSPS) is 15.0. The lowest BCUT2D eigenvalue weighted by Crippen LogP contribution is -2.48. The highest BCUT2D eigenvalue weighted by Crippen LogP contribution is 2.33. The van der Waals surface area contributed by atoms with E-state index in [1.165, 1.54) is 0 Å². The average molecular weight is 425 g/mol. The Labute approximate surface area is 181 Å². The Morgan fingerprint density at radius 2 is 1.93 bits per heavy atom. The van der Waals surface area contributed by atoms with Crippen LogP contribution in [0.5, 0.6) is 5.75 Å². The van der Waals surface area contributed by atoms with Gasteiger partial charge in [0, 0.05) is 60.0 Å². The van der Waals surface area contributed by atoms with Gasteiger partial charge in [-0.1, -0.05) is 17.7 Å². The minimum Gasteiger partial charge on any atom is -0.496 e. The summed E-state index contributed by atoms with van der Waals surface area (Å²) in [7, 11) is 1.63. The number of rotatable bonds is 4. The number of aryl methyl sites for hydroxylation is 1. The number of halogens is 1. The van der Waals surface area contributed by atoms with Gasteiger partial charge >= 0.3 is 0 Å². The summed E-state index contributed by atoms with van der Waals surface area (Å²) in [6.07, 6.45) is 3.44. The average Bonchev–Trinajstić information content (AvgIpc) is 3.12. The van der Waals surface area contributed by atoms with Crippen molar-refractivity contribution in [2.75, 3.05) is 38.2 Å². The van der Waals surface area contributed by atoms with Gasteiger partial charge in [0.25, 0.3) is 0 Å². The Balaban J connectivity index is 1.49. The van der Waals surface area contributed by atoms with E-state index in [1.807, 2.05) is 55.1 Å². The first kappa shape index (κ1) is 20.4. The van der Waals surface area contributed by atoms with E-state index in [-0.39, 0.29) is 5.91 Å². The molecule has 156 valence electrons. The molecule has 30 heavy (non-hydrogen) atoms. The summed E-state index contributed by atoms with van der Waals surface area (Å²) >= 11 is 6.11. The molecule has 6 heteroatoms. The fourth-order valence-corrected chi connectivity index (χ4v) is 4.06. The van der Waals surface area contributed by atoms with Crippen LogP contribution < -0.4 is 9.64 Å². The first-order chi connectivity index (χ1) is 14.5. The molecule has 0 radical (unpaired) electrons. The number of fused-ring (bicyclic) bond motifs is 1. The van der Waals surface area contributed by atoms with Gasteiger partial charge in [-0.15, -0.1) is 0 Å². The number of methoxy groups -OCH3 is 1. The van der Waals surface area contributed by atoms with E-state index in [1.54, 1.807) is 19.4 Å².